The number of hydrogen-bond acceptors (Lipinski definition) is 4. The highest BCUT2D eigenvalue weighted by Crippen LogP contribution is 2.15. The van der Waals surface area contributed by atoms with Gasteiger partial charge in [-0.1, -0.05) is 161 Å². The summed E-state index contributed by atoms with van der Waals surface area (Å²) in [5.74, 6) is -0.507. The standard InChI is InChI=1S/C35H69NO4/c1-3-5-7-9-11-13-14-15-16-17-18-19-20-21-22-24-25-27-29-33(38)32(31-37)36-35(40)34(39)30-28-26-23-12-10-8-6-4-2/h23,26,32-34,37-39H,3-22,24-25,27-31H2,1-2H3,(H,36,40)/b26-23-. The van der Waals surface area contributed by atoms with E-state index in [9.17, 15) is 20.1 Å². The van der Waals surface area contributed by atoms with Crippen molar-refractivity contribution in [3.63, 3.8) is 0 Å². The number of carbonyl (C=O) groups is 1. The fourth-order valence-corrected chi connectivity index (χ4v) is 5.31. The average molecular weight is 568 g/mol. The number of aliphatic hydroxyl groups excluding tert-OH is 3. The van der Waals surface area contributed by atoms with Crippen molar-refractivity contribution in [3.05, 3.63) is 12.2 Å². The quantitative estimate of drug-likeness (QED) is 0.0497. The van der Waals surface area contributed by atoms with Gasteiger partial charge in [0.05, 0.1) is 18.8 Å². The van der Waals surface area contributed by atoms with E-state index >= 15 is 0 Å². The molecule has 0 aromatic carbocycles. The van der Waals surface area contributed by atoms with Crippen molar-refractivity contribution in [3.8, 4) is 0 Å². The Bertz CT molecular complexity index is 554. The Kier molecular flexibility index (Phi) is 30.3. The molecule has 5 nitrogen and oxygen atoms in total. The van der Waals surface area contributed by atoms with Crippen molar-refractivity contribution < 1.29 is 20.1 Å². The smallest absolute Gasteiger partial charge is 0.249 e. The van der Waals surface area contributed by atoms with Gasteiger partial charge in [0.15, 0.2) is 0 Å². The molecular weight excluding hydrogens is 498 g/mol. The second-order valence-electron chi connectivity index (χ2n) is 12.1. The number of hydrogen-bond donors (Lipinski definition) is 4. The third-order valence-corrected chi connectivity index (χ3v) is 8.14. The fraction of sp³-hybridized carbons (Fsp3) is 0.914. The van der Waals surface area contributed by atoms with Gasteiger partial charge in [0, 0.05) is 0 Å². The summed E-state index contributed by atoms with van der Waals surface area (Å²) in [6, 6.07) is -0.720. The van der Waals surface area contributed by atoms with Gasteiger partial charge in [0.2, 0.25) is 5.91 Å². The van der Waals surface area contributed by atoms with Crippen molar-refractivity contribution in [2.75, 3.05) is 6.61 Å². The molecule has 0 aliphatic heterocycles. The number of allylic oxidation sites excluding steroid dienone is 2. The normalized spacial score (nSPS) is 14.0. The molecule has 0 fully saturated rings. The van der Waals surface area contributed by atoms with Crippen LogP contribution in [0, 0.1) is 0 Å². The van der Waals surface area contributed by atoms with Crippen molar-refractivity contribution in [1.29, 1.82) is 0 Å². The van der Waals surface area contributed by atoms with E-state index in [-0.39, 0.29) is 6.61 Å². The molecule has 3 unspecified atom stereocenters. The van der Waals surface area contributed by atoms with Crippen LogP contribution >= 0.6 is 0 Å². The molecule has 238 valence electrons. The Morgan fingerprint density at radius 3 is 1.43 bits per heavy atom. The Labute approximate surface area is 249 Å². The summed E-state index contributed by atoms with van der Waals surface area (Å²) in [5.41, 5.74) is 0. The minimum Gasteiger partial charge on any atom is -0.394 e. The van der Waals surface area contributed by atoms with Gasteiger partial charge >= 0.3 is 0 Å². The Morgan fingerprint density at radius 2 is 0.975 bits per heavy atom. The highest BCUT2D eigenvalue weighted by Gasteiger charge is 2.23. The summed E-state index contributed by atoms with van der Waals surface area (Å²) >= 11 is 0. The van der Waals surface area contributed by atoms with E-state index in [0.29, 0.717) is 19.3 Å². The second-order valence-corrected chi connectivity index (χ2v) is 12.1. The summed E-state index contributed by atoms with van der Waals surface area (Å²) in [4.78, 5) is 12.3. The number of aliphatic hydroxyl groups is 3. The first-order chi connectivity index (χ1) is 19.6. The van der Waals surface area contributed by atoms with Gasteiger partial charge in [0.25, 0.3) is 0 Å². The minimum absolute atomic E-state index is 0.323. The van der Waals surface area contributed by atoms with Crippen LogP contribution in [0.5, 0.6) is 0 Å². The maximum absolute atomic E-state index is 12.3. The second kappa shape index (κ2) is 31.0. The molecule has 4 N–H and O–H groups in total. The van der Waals surface area contributed by atoms with E-state index in [2.05, 4.69) is 25.2 Å². The van der Waals surface area contributed by atoms with Gasteiger partial charge in [-0.2, -0.15) is 0 Å². The molecule has 0 aliphatic carbocycles. The lowest BCUT2D eigenvalue weighted by molar-refractivity contribution is -0.131. The van der Waals surface area contributed by atoms with E-state index < -0.39 is 24.2 Å². The predicted octanol–water partition coefficient (Wildman–Crippen LogP) is 8.92. The van der Waals surface area contributed by atoms with Crippen LogP contribution in [-0.4, -0.2) is 46.1 Å². The first kappa shape index (κ1) is 39.1. The minimum atomic E-state index is -1.11. The maximum Gasteiger partial charge on any atom is 0.249 e. The van der Waals surface area contributed by atoms with Crippen LogP contribution in [0.3, 0.4) is 0 Å². The highest BCUT2D eigenvalue weighted by molar-refractivity contribution is 5.80. The van der Waals surface area contributed by atoms with E-state index in [4.69, 9.17) is 0 Å². The monoisotopic (exact) mass is 568 g/mol. The molecule has 0 saturated heterocycles. The molecule has 1 amide bonds. The van der Waals surface area contributed by atoms with Crippen LogP contribution in [0.15, 0.2) is 12.2 Å². The number of amides is 1. The van der Waals surface area contributed by atoms with Crippen LogP contribution < -0.4 is 5.32 Å². The molecule has 40 heavy (non-hydrogen) atoms. The molecule has 0 aliphatic rings. The molecule has 0 saturated carbocycles. The lowest BCUT2D eigenvalue weighted by atomic mass is 10.0. The number of rotatable bonds is 31. The number of nitrogens with one attached hydrogen (secondary N) is 1. The molecule has 0 heterocycles. The fourth-order valence-electron chi connectivity index (χ4n) is 5.31. The van der Waals surface area contributed by atoms with Crippen molar-refractivity contribution >= 4 is 5.91 Å². The van der Waals surface area contributed by atoms with E-state index in [1.165, 1.54) is 128 Å². The van der Waals surface area contributed by atoms with Gasteiger partial charge in [-0.25, -0.2) is 0 Å². The maximum atomic E-state index is 12.3. The zero-order chi connectivity index (χ0) is 29.5. The predicted molar refractivity (Wildman–Crippen MR) is 172 cm³/mol. The van der Waals surface area contributed by atoms with Gasteiger partial charge in [0.1, 0.15) is 6.10 Å². The van der Waals surface area contributed by atoms with Crippen LogP contribution in [0.2, 0.25) is 0 Å². The van der Waals surface area contributed by atoms with Gasteiger partial charge in [-0.15, -0.1) is 0 Å². The van der Waals surface area contributed by atoms with E-state index in [1.54, 1.807) is 0 Å². The molecule has 0 aromatic heterocycles. The Hall–Kier alpha value is -0.910. The summed E-state index contributed by atoms with van der Waals surface area (Å²) in [6.07, 6.45) is 33.6. The van der Waals surface area contributed by atoms with Crippen molar-refractivity contribution in [2.45, 2.75) is 199 Å². The molecule has 0 radical (unpaired) electrons. The summed E-state index contributed by atoms with van der Waals surface area (Å²) in [5, 5.41) is 32.9. The third-order valence-electron chi connectivity index (χ3n) is 8.14. The van der Waals surface area contributed by atoms with Crippen LogP contribution in [0.4, 0.5) is 0 Å². The van der Waals surface area contributed by atoms with Gasteiger partial charge in [-0.05, 0) is 32.1 Å². The lowest BCUT2D eigenvalue weighted by Gasteiger charge is -2.23. The summed E-state index contributed by atoms with van der Waals surface area (Å²) < 4.78 is 0. The van der Waals surface area contributed by atoms with Crippen LogP contribution in [0.1, 0.15) is 181 Å². The molecule has 0 spiro atoms. The summed E-state index contributed by atoms with van der Waals surface area (Å²) in [6.45, 7) is 4.15. The topological polar surface area (TPSA) is 89.8 Å². The Balaban J connectivity index is 3.65. The largest absolute Gasteiger partial charge is 0.394 e. The molecule has 0 bridgehead atoms. The Morgan fingerprint density at radius 1 is 0.575 bits per heavy atom. The van der Waals surface area contributed by atoms with E-state index in [0.717, 1.165) is 19.3 Å². The van der Waals surface area contributed by atoms with Crippen LogP contribution in [-0.2, 0) is 4.79 Å². The zero-order valence-electron chi connectivity index (χ0n) is 26.7. The summed E-state index contributed by atoms with van der Waals surface area (Å²) in [7, 11) is 0. The SMILES string of the molecule is CCCCCC/C=C\CCC(O)C(=O)NC(CO)C(O)CCCCCCCCCCCCCCCCCCCC. The third kappa shape index (κ3) is 26.0. The first-order valence-electron chi connectivity index (χ1n) is 17.5. The van der Waals surface area contributed by atoms with Gasteiger partial charge < -0.3 is 20.6 Å². The number of unbranched alkanes of at least 4 members (excludes halogenated alkanes) is 21. The van der Waals surface area contributed by atoms with E-state index in [1.807, 2.05) is 6.08 Å². The number of carbonyl (C=O) groups excluding carboxylic acids is 1. The average Bonchev–Trinajstić information content (AvgIpc) is 2.96. The molecule has 0 rings (SSSR count). The van der Waals surface area contributed by atoms with Crippen molar-refractivity contribution in [2.24, 2.45) is 0 Å². The van der Waals surface area contributed by atoms with Gasteiger partial charge in [-0.3, -0.25) is 4.79 Å². The molecule has 5 heteroatoms. The molecular formula is C35H69NO4. The highest BCUT2D eigenvalue weighted by atomic mass is 16.3. The molecule has 0 aromatic rings. The van der Waals surface area contributed by atoms with Crippen molar-refractivity contribution in [1.82, 2.24) is 5.32 Å². The zero-order valence-corrected chi connectivity index (χ0v) is 26.7. The lowest BCUT2D eigenvalue weighted by Crippen LogP contribution is -2.49. The van der Waals surface area contributed by atoms with Crippen LogP contribution in [0.25, 0.3) is 0 Å². The first-order valence-corrected chi connectivity index (χ1v) is 17.5. The molecule has 3 atom stereocenters.